The predicted octanol–water partition coefficient (Wildman–Crippen LogP) is 4.40. The molecule has 1 fully saturated rings. The van der Waals surface area contributed by atoms with Crippen molar-refractivity contribution in [1.82, 2.24) is 9.80 Å². The Bertz CT molecular complexity index is 887. The Balaban J connectivity index is 1.35. The van der Waals surface area contributed by atoms with E-state index in [1.165, 1.54) is 11.1 Å². The molecule has 2 aromatic rings. The third-order valence-corrected chi connectivity index (χ3v) is 6.40. The number of fused-ring (bicyclic) bond motifs is 1. The molecule has 1 heterocycles. The standard InChI is InChI=1S/C22H22Cl2N2O2/c23-18-6-3-7-19(24)21(18)22(28)26-12-10-25(11-13-26)20(27)14-16-9-8-15-4-1-2-5-17(15)16/h1-7,16H,8-14H2. The summed E-state index contributed by atoms with van der Waals surface area (Å²) in [5, 5.41) is 0.715. The summed E-state index contributed by atoms with van der Waals surface area (Å²) in [5.74, 6) is 0.308. The summed E-state index contributed by atoms with van der Waals surface area (Å²) < 4.78 is 0. The zero-order valence-electron chi connectivity index (χ0n) is 15.5. The number of hydrogen-bond donors (Lipinski definition) is 0. The van der Waals surface area contributed by atoms with E-state index >= 15 is 0 Å². The number of rotatable bonds is 3. The fourth-order valence-electron chi connectivity index (χ4n) is 4.22. The number of carbonyl (C=O) groups is 2. The minimum Gasteiger partial charge on any atom is -0.339 e. The van der Waals surface area contributed by atoms with Gasteiger partial charge in [0.15, 0.2) is 0 Å². The van der Waals surface area contributed by atoms with Crippen LogP contribution in [0.4, 0.5) is 0 Å². The van der Waals surface area contributed by atoms with E-state index in [1.807, 2.05) is 11.0 Å². The van der Waals surface area contributed by atoms with Crippen LogP contribution in [0.3, 0.4) is 0 Å². The van der Waals surface area contributed by atoms with Crippen molar-refractivity contribution in [3.63, 3.8) is 0 Å². The smallest absolute Gasteiger partial charge is 0.257 e. The zero-order valence-corrected chi connectivity index (χ0v) is 17.0. The number of nitrogens with zero attached hydrogens (tertiary/aromatic N) is 2. The Labute approximate surface area is 175 Å². The molecule has 0 radical (unpaired) electrons. The average molecular weight is 417 g/mol. The molecule has 146 valence electrons. The lowest BCUT2D eigenvalue weighted by atomic mass is 9.97. The molecule has 2 aliphatic rings. The molecule has 0 N–H and O–H groups in total. The van der Waals surface area contributed by atoms with Crippen molar-refractivity contribution < 1.29 is 9.59 Å². The summed E-state index contributed by atoms with van der Waals surface area (Å²) in [5.41, 5.74) is 3.03. The summed E-state index contributed by atoms with van der Waals surface area (Å²) in [6.07, 6.45) is 2.63. The number of carbonyl (C=O) groups excluding carboxylic acids is 2. The molecule has 0 bridgehead atoms. The van der Waals surface area contributed by atoms with Gasteiger partial charge in [-0.25, -0.2) is 0 Å². The Kier molecular flexibility index (Phi) is 5.61. The topological polar surface area (TPSA) is 40.6 Å². The van der Waals surface area contributed by atoms with Gasteiger partial charge in [0.2, 0.25) is 5.91 Å². The van der Waals surface area contributed by atoms with Gasteiger partial charge in [-0.05, 0) is 42.0 Å². The van der Waals surface area contributed by atoms with Crippen molar-refractivity contribution in [2.24, 2.45) is 0 Å². The molecule has 0 saturated carbocycles. The van der Waals surface area contributed by atoms with Crippen molar-refractivity contribution in [2.75, 3.05) is 26.2 Å². The van der Waals surface area contributed by atoms with Gasteiger partial charge < -0.3 is 9.80 Å². The van der Waals surface area contributed by atoms with Gasteiger partial charge in [0, 0.05) is 32.6 Å². The van der Waals surface area contributed by atoms with Gasteiger partial charge in [0.25, 0.3) is 5.91 Å². The van der Waals surface area contributed by atoms with Gasteiger partial charge in [0.1, 0.15) is 0 Å². The van der Waals surface area contributed by atoms with E-state index in [0.29, 0.717) is 54.1 Å². The van der Waals surface area contributed by atoms with E-state index in [2.05, 4.69) is 18.2 Å². The van der Waals surface area contributed by atoms with Crippen molar-refractivity contribution >= 4 is 35.0 Å². The van der Waals surface area contributed by atoms with Crippen molar-refractivity contribution in [1.29, 1.82) is 0 Å². The highest BCUT2D eigenvalue weighted by molar-refractivity contribution is 6.39. The minimum atomic E-state index is -0.174. The molecule has 1 aliphatic heterocycles. The number of amides is 2. The molecule has 6 heteroatoms. The normalized spacial score (nSPS) is 18.9. The second kappa shape index (κ2) is 8.14. The first-order chi connectivity index (χ1) is 13.5. The van der Waals surface area contributed by atoms with E-state index in [0.717, 1.165) is 12.8 Å². The van der Waals surface area contributed by atoms with Gasteiger partial charge in [-0.1, -0.05) is 53.5 Å². The van der Waals surface area contributed by atoms with Gasteiger partial charge in [-0.3, -0.25) is 9.59 Å². The second-order valence-electron chi connectivity index (χ2n) is 7.41. The predicted molar refractivity (Wildman–Crippen MR) is 111 cm³/mol. The molecule has 1 atom stereocenters. The van der Waals surface area contributed by atoms with Crippen molar-refractivity contribution in [3.05, 3.63) is 69.2 Å². The lowest BCUT2D eigenvalue weighted by molar-refractivity contribution is -0.133. The molecule has 4 rings (SSSR count). The molecule has 0 aromatic heterocycles. The van der Waals surface area contributed by atoms with Crippen LogP contribution in [0.1, 0.15) is 40.2 Å². The van der Waals surface area contributed by atoms with E-state index in [1.54, 1.807) is 23.1 Å². The number of piperazine rings is 1. The molecular weight excluding hydrogens is 395 g/mol. The van der Waals surface area contributed by atoms with E-state index in [-0.39, 0.29) is 11.8 Å². The molecule has 1 aliphatic carbocycles. The molecule has 28 heavy (non-hydrogen) atoms. The average Bonchev–Trinajstić information content (AvgIpc) is 3.11. The van der Waals surface area contributed by atoms with Crippen LogP contribution in [0.5, 0.6) is 0 Å². The highest BCUT2D eigenvalue weighted by Crippen LogP contribution is 2.35. The van der Waals surface area contributed by atoms with Crippen LogP contribution in [0, 0.1) is 0 Å². The maximum atomic E-state index is 12.8. The van der Waals surface area contributed by atoms with Crippen LogP contribution in [0.25, 0.3) is 0 Å². The van der Waals surface area contributed by atoms with Gasteiger partial charge >= 0.3 is 0 Å². The highest BCUT2D eigenvalue weighted by atomic mass is 35.5. The zero-order chi connectivity index (χ0) is 19.7. The SMILES string of the molecule is O=C(CC1CCc2ccccc21)N1CCN(C(=O)c2c(Cl)cccc2Cl)CC1. The summed E-state index contributed by atoms with van der Waals surface area (Å²) in [6.45, 7) is 2.07. The minimum absolute atomic E-state index is 0.171. The van der Waals surface area contributed by atoms with E-state index < -0.39 is 0 Å². The Morgan fingerprint density at radius 1 is 0.893 bits per heavy atom. The molecule has 1 unspecified atom stereocenters. The summed E-state index contributed by atoms with van der Waals surface area (Å²) in [6, 6.07) is 13.5. The van der Waals surface area contributed by atoms with Crippen LogP contribution in [0.2, 0.25) is 10.0 Å². The fourth-order valence-corrected chi connectivity index (χ4v) is 4.78. The van der Waals surface area contributed by atoms with Crippen LogP contribution in [-0.4, -0.2) is 47.8 Å². The van der Waals surface area contributed by atoms with Gasteiger partial charge in [0.05, 0.1) is 15.6 Å². The summed E-state index contributed by atoms with van der Waals surface area (Å²) in [7, 11) is 0. The highest BCUT2D eigenvalue weighted by Gasteiger charge is 2.30. The fraction of sp³-hybridized carbons (Fsp3) is 0.364. The lowest BCUT2D eigenvalue weighted by Crippen LogP contribution is -2.50. The molecule has 0 spiro atoms. The Hall–Kier alpha value is -2.04. The van der Waals surface area contributed by atoms with Gasteiger partial charge in [-0.15, -0.1) is 0 Å². The first-order valence-corrected chi connectivity index (χ1v) is 10.4. The summed E-state index contributed by atoms with van der Waals surface area (Å²) >= 11 is 12.3. The van der Waals surface area contributed by atoms with Crippen LogP contribution in [0.15, 0.2) is 42.5 Å². The monoisotopic (exact) mass is 416 g/mol. The largest absolute Gasteiger partial charge is 0.339 e. The third kappa shape index (κ3) is 3.76. The molecule has 2 aromatic carbocycles. The number of aryl methyl sites for hydroxylation is 1. The molecular formula is C22H22Cl2N2O2. The third-order valence-electron chi connectivity index (χ3n) is 5.77. The van der Waals surface area contributed by atoms with Crippen molar-refractivity contribution in [3.8, 4) is 0 Å². The molecule has 1 saturated heterocycles. The second-order valence-corrected chi connectivity index (χ2v) is 8.22. The van der Waals surface area contributed by atoms with Gasteiger partial charge in [-0.2, -0.15) is 0 Å². The number of benzene rings is 2. The Morgan fingerprint density at radius 2 is 1.54 bits per heavy atom. The van der Waals surface area contributed by atoms with Crippen LogP contribution < -0.4 is 0 Å². The number of hydrogen-bond acceptors (Lipinski definition) is 2. The van der Waals surface area contributed by atoms with Crippen LogP contribution in [-0.2, 0) is 11.2 Å². The molecule has 4 nitrogen and oxygen atoms in total. The molecule has 2 amide bonds. The number of halogens is 2. The lowest BCUT2D eigenvalue weighted by Gasteiger charge is -2.35. The summed E-state index contributed by atoms with van der Waals surface area (Å²) in [4.78, 5) is 29.2. The first-order valence-electron chi connectivity index (χ1n) is 9.63. The Morgan fingerprint density at radius 3 is 2.25 bits per heavy atom. The van der Waals surface area contributed by atoms with E-state index in [4.69, 9.17) is 23.2 Å². The maximum Gasteiger partial charge on any atom is 0.257 e. The first kappa shape index (κ1) is 19.3. The quantitative estimate of drug-likeness (QED) is 0.743. The van der Waals surface area contributed by atoms with E-state index in [9.17, 15) is 9.59 Å². The maximum absolute atomic E-state index is 12.8. The van der Waals surface area contributed by atoms with Crippen molar-refractivity contribution in [2.45, 2.75) is 25.2 Å². The van der Waals surface area contributed by atoms with Crippen LogP contribution >= 0.6 is 23.2 Å².